The van der Waals surface area contributed by atoms with Gasteiger partial charge in [-0.2, -0.15) is 4.68 Å². The third-order valence-corrected chi connectivity index (χ3v) is 4.89. The molecule has 1 amide bonds. The highest BCUT2D eigenvalue weighted by atomic mass is 32.2. The van der Waals surface area contributed by atoms with E-state index in [1.807, 2.05) is 58.0 Å². The summed E-state index contributed by atoms with van der Waals surface area (Å²) in [6, 6.07) is 12.1. The van der Waals surface area contributed by atoms with Crippen LogP contribution in [-0.2, 0) is 4.79 Å². The van der Waals surface area contributed by atoms with E-state index in [0.717, 1.165) is 33.6 Å². The molecule has 7 heteroatoms. The van der Waals surface area contributed by atoms with E-state index in [1.54, 1.807) is 4.68 Å². The fourth-order valence-electron chi connectivity index (χ4n) is 2.82. The Morgan fingerprint density at radius 2 is 1.73 bits per heavy atom. The number of aryl methyl sites for hydroxylation is 4. The molecule has 1 heterocycles. The number of rotatable bonds is 5. The quantitative estimate of drug-likeness (QED) is 0.697. The molecule has 3 aromatic rings. The van der Waals surface area contributed by atoms with Crippen molar-refractivity contribution in [1.29, 1.82) is 0 Å². The number of aromatic nitrogens is 4. The number of anilines is 1. The van der Waals surface area contributed by atoms with Crippen LogP contribution < -0.4 is 5.32 Å². The molecule has 0 aliphatic rings. The number of nitrogens with zero attached hydrogens (tertiary/aromatic N) is 4. The Bertz CT molecular complexity index is 910. The number of amides is 1. The molecule has 0 aliphatic carbocycles. The van der Waals surface area contributed by atoms with Crippen molar-refractivity contribution in [3.63, 3.8) is 0 Å². The third kappa shape index (κ3) is 4.11. The summed E-state index contributed by atoms with van der Waals surface area (Å²) in [6.07, 6.45) is 0. The molecular formula is C19H21N5OS. The molecule has 26 heavy (non-hydrogen) atoms. The maximum Gasteiger partial charge on any atom is 0.234 e. The summed E-state index contributed by atoms with van der Waals surface area (Å²) in [4.78, 5) is 12.4. The lowest BCUT2D eigenvalue weighted by atomic mass is 10.1. The van der Waals surface area contributed by atoms with E-state index in [1.165, 1.54) is 11.8 Å². The molecule has 0 unspecified atom stereocenters. The first-order chi connectivity index (χ1) is 12.4. The molecule has 134 valence electrons. The molecule has 0 aliphatic heterocycles. The topological polar surface area (TPSA) is 72.7 Å². The summed E-state index contributed by atoms with van der Waals surface area (Å²) in [5.41, 5.74) is 6.13. The molecule has 2 aromatic carbocycles. The van der Waals surface area contributed by atoms with Gasteiger partial charge in [0.25, 0.3) is 0 Å². The Labute approximate surface area is 157 Å². The Kier molecular flexibility index (Phi) is 5.37. The highest BCUT2D eigenvalue weighted by Gasteiger charge is 2.13. The smallest absolute Gasteiger partial charge is 0.234 e. The lowest BCUT2D eigenvalue weighted by Crippen LogP contribution is -2.16. The Morgan fingerprint density at radius 3 is 2.38 bits per heavy atom. The summed E-state index contributed by atoms with van der Waals surface area (Å²) in [6.45, 7) is 8.03. The molecule has 1 N–H and O–H groups in total. The fourth-order valence-corrected chi connectivity index (χ4v) is 3.51. The Morgan fingerprint density at radius 1 is 1.08 bits per heavy atom. The average Bonchev–Trinajstić information content (AvgIpc) is 3.04. The van der Waals surface area contributed by atoms with Crippen LogP contribution in [0.2, 0.25) is 0 Å². The van der Waals surface area contributed by atoms with Gasteiger partial charge in [0.2, 0.25) is 11.1 Å². The Hall–Kier alpha value is -2.67. The summed E-state index contributed by atoms with van der Waals surface area (Å²) < 4.78 is 1.66. The van der Waals surface area contributed by atoms with Crippen LogP contribution in [0.15, 0.2) is 41.6 Å². The average molecular weight is 367 g/mol. The van der Waals surface area contributed by atoms with Crippen LogP contribution in [0.4, 0.5) is 5.69 Å². The monoisotopic (exact) mass is 367 g/mol. The van der Waals surface area contributed by atoms with Crippen LogP contribution in [0.3, 0.4) is 0 Å². The van der Waals surface area contributed by atoms with E-state index >= 15 is 0 Å². The largest absolute Gasteiger partial charge is 0.325 e. The molecule has 0 radical (unpaired) electrons. The van der Waals surface area contributed by atoms with Crippen molar-refractivity contribution in [1.82, 2.24) is 20.2 Å². The van der Waals surface area contributed by atoms with Gasteiger partial charge in [-0.15, -0.1) is 5.10 Å². The number of hydrogen-bond donors (Lipinski definition) is 1. The number of hydrogen-bond acceptors (Lipinski definition) is 5. The van der Waals surface area contributed by atoms with Crippen LogP contribution in [0, 0.1) is 27.7 Å². The van der Waals surface area contributed by atoms with Crippen molar-refractivity contribution in [2.45, 2.75) is 32.9 Å². The summed E-state index contributed by atoms with van der Waals surface area (Å²) in [5.74, 6) is 0.154. The summed E-state index contributed by atoms with van der Waals surface area (Å²) in [7, 11) is 0. The molecule has 6 nitrogen and oxygen atoms in total. The minimum Gasteiger partial charge on any atom is -0.325 e. The van der Waals surface area contributed by atoms with Crippen molar-refractivity contribution >= 4 is 23.4 Å². The molecule has 0 saturated carbocycles. The number of thioether (sulfide) groups is 1. The van der Waals surface area contributed by atoms with Crippen LogP contribution in [0.1, 0.15) is 22.3 Å². The second-order valence-electron chi connectivity index (χ2n) is 6.32. The second-order valence-corrected chi connectivity index (χ2v) is 7.27. The molecule has 3 rings (SSSR count). The molecule has 1 aromatic heterocycles. The van der Waals surface area contributed by atoms with E-state index in [2.05, 4.69) is 26.9 Å². The molecule has 0 fully saturated rings. The second kappa shape index (κ2) is 7.70. The van der Waals surface area contributed by atoms with Crippen LogP contribution in [-0.4, -0.2) is 31.9 Å². The van der Waals surface area contributed by atoms with Gasteiger partial charge in [0.15, 0.2) is 0 Å². The number of benzene rings is 2. The first-order valence-corrected chi connectivity index (χ1v) is 9.28. The molecular weight excluding hydrogens is 346 g/mol. The first-order valence-electron chi connectivity index (χ1n) is 8.30. The maximum absolute atomic E-state index is 12.4. The van der Waals surface area contributed by atoms with Gasteiger partial charge in [0.05, 0.1) is 11.4 Å². The zero-order valence-corrected chi connectivity index (χ0v) is 16.1. The number of carbonyl (C=O) groups is 1. The fraction of sp³-hybridized carbons (Fsp3) is 0.263. The minimum atomic E-state index is -0.0811. The molecule has 0 bridgehead atoms. The lowest BCUT2D eigenvalue weighted by molar-refractivity contribution is -0.113. The van der Waals surface area contributed by atoms with E-state index in [-0.39, 0.29) is 11.7 Å². The summed E-state index contributed by atoms with van der Waals surface area (Å²) >= 11 is 1.31. The lowest BCUT2D eigenvalue weighted by Gasteiger charge is -2.11. The van der Waals surface area contributed by atoms with Crippen molar-refractivity contribution in [3.8, 4) is 5.69 Å². The van der Waals surface area contributed by atoms with Gasteiger partial charge in [-0.3, -0.25) is 4.79 Å². The number of tetrazole rings is 1. The minimum absolute atomic E-state index is 0.0811. The van der Waals surface area contributed by atoms with E-state index < -0.39 is 0 Å². The maximum atomic E-state index is 12.4. The Balaban J connectivity index is 1.71. The van der Waals surface area contributed by atoms with Crippen molar-refractivity contribution in [2.24, 2.45) is 0 Å². The van der Waals surface area contributed by atoms with Gasteiger partial charge in [0, 0.05) is 5.69 Å². The van der Waals surface area contributed by atoms with Gasteiger partial charge in [-0.25, -0.2) is 0 Å². The highest BCUT2D eigenvalue weighted by Crippen LogP contribution is 2.22. The number of para-hydroxylation sites is 1. The van der Waals surface area contributed by atoms with E-state index in [4.69, 9.17) is 0 Å². The van der Waals surface area contributed by atoms with E-state index in [0.29, 0.717) is 5.16 Å². The molecule has 0 atom stereocenters. The molecule has 0 spiro atoms. The van der Waals surface area contributed by atoms with Crippen LogP contribution in [0.25, 0.3) is 5.69 Å². The van der Waals surface area contributed by atoms with Crippen molar-refractivity contribution < 1.29 is 4.79 Å². The number of carbonyl (C=O) groups excluding carboxylic acids is 1. The van der Waals surface area contributed by atoms with Crippen LogP contribution >= 0.6 is 11.8 Å². The van der Waals surface area contributed by atoms with Crippen molar-refractivity contribution in [2.75, 3.05) is 11.1 Å². The first kappa shape index (κ1) is 18.1. The molecule has 0 saturated heterocycles. The van der Waals surface area contributed by atoms with Gasteiger partial charge in [-0.05, 0) is 72.5 Å². The third-order valence-electron chi connectivity index (χ3n) is 3.97. The highest BCUT2D eigenvalue weighted by molar-refractivity contribution is 7.99. The SMILES string of the molecule is Cc1cc(C)cc(-n2nnnc2SCC(=O)Nc2c(C)cccc2C)c1. The summed E-state index contributed by atoms with van der Waals surface area (Å²) in [5, 5.41) is 15.4. The van der Waals surface area contributed by atoms with Gasteiger partial charge in [-0.1, -0.05) is 36.0 Å². The predicted molar refractivity (Wildman–Crippen MR) is 104 cm³/mol. The van der Waals surface area contributed by atoms with Gasteiger partial charge < -0.3 is 5.32 Å². The van der Waals surface area contributed by atoms with Crippen LogP contribution in [0.5, 0.6) is 0 Å². The zero-order chi connectivity index (χ0) is 18.7. The normalized spacial score (nSPS) is 10.8. The predicted octanol–water partition coefficient (Wildman–Crippen LogP) is 3.63. The van der Waals surface area contributed by atoms with Crippen molar-refractivity contribution in [3.05, 3.63) is 58.7 Å². The van der Waals surface area contributed by atoms with Gasteiger partial charge in [0.1, 0.15) is 0 Å². The number of nitrogens with one attached hydrogen (secondary N) is 1. The van der Waals surface area contributed by atoms with E-state index in [9.17, 15) is 4.79 Å². The van der Waals surface area contributed by atoms with Gasteiger partial charge >= 0.3 is 0 Å². The standard InChI is InChI=1S/C19H21N5OS/c1-12-8-13(2)10-16(9-12)24-19(21-22-23-24)26-11-17(25)20-18-14(3)6-5-7-15(18)4/h5-10H,11H2,1-4H3,(H,20,25). The zero-order valence-electron chi connectivity index (χ0n) is 15.3.